The van der Waals surface area contributed by atoms with Gasteiger partial charge in [-0.2, -0.15) is 4.31 Å². The molecule has 1 aromatic rings. The molecule has 0 bridgehead atoms. The van der Waals surface area contributed by atoms with Crippen LogP contribution in [0.2, 0.25) is 0 Å². The molecule has 0 aromatic heterocycles. The molecule has 1 aliphatic carbocycles. The van der Waals surface area contributed by atoms with Crippen LogP contribution < -0.4 is 10.6 Å². The van der Waals surface area contributed by atoms with Gasteiger partial charge < -0.3 is 10.6 Å². The Labute approximate surface area is 167 Å². The maximum absolute atomic E-state index is 12.6. The minimum absolute atomic E-state index is 0.0544. The summed E-state index contributed by atoms with van der Waals surface area (Å²) < 4.78 is 26.4. The molecule has 0 saturated heterocycles. The highest BCUT2D eigenvalue weighted by Gasteiger charge is 2.24. The number of nitrogens with zero attached hydrogens (tertiary/aromatic N) is 1. The fourth-order valence-electron chi connectivity index (χ4n) is 3.21. The minimum atomic E-state index is -3.65. The van der Waals surface area contributed by atoms with E-state index < -0.39 is 10.0 Å². The number of sulfonamides is 1. The summed E-state index contributed by atoms with van der Waals surface area (Å²) in [5.41, 5.74) is 0.275. The highest BCUT2D eigenvalue weighted by Crippen LogP contribution is 2.23. The van der Waals surface area contributed by atoms with Crippen molar-refractivity contribution in [2.75, 3.05) is 20.1 Å². The van der Waals surface area contributed by atoms with E-state index in [1.54, 1.807) is 26.0 Å². The van der Waals surface area contributed by atoms with Gasteiger partial charge in [-0.1, -0.05) is 25.3 Å². The Morgan fingerprint density at radius 3 is 2.39 bits per heavy atom. The average molecular weight is 410 g/mol. The summed E-state index contributed by atoms with van der Waals surface area (Å²) in [5, 5.41) is 5.59. The first-order chi connectivity index (χ1) is 13.2. The predicted molar refractivity (Wildman–Crippen MR) is 108 cm³/mol. The maximum atomic E-state index is 12.6. The Morgan fingerprint density at radius 2 is 1.75 bits per heavy atom. The van der Waals surface area contributed by atoms with E-state index in [9.17, 15) is 18.0 Å². The van der Waals surface area contributed by atoms with Gasteiger partial charge in [0.05, 0.1) is 4.90 Å². The van der Waals surface area contributed by atoms with E-state index in [0.29, 0.717) is 13.1 Å². The van der Waals surface area contributed by atoms with Gasteiger partial charge in [0, 0.05) is 37.7 Å². The summed E-state index contributed by atoms with van der Waals surface area (Å²) in [5.74, 6) is -0.223. The number of hydrogen-bond acceptors (Lipinski definition) is 4. The van der Waals surface area contributed by atoms with Gasteiger partial charge in [0.2, 0.25) is 15.9 Å². The highest BCUT2D eigenvalue weighted by atomic mass is 32.2. The summed E-state index contributed by atoms with van der Waals surface area (Å²) in [6.45, 7) is 4.22. The Hall–Kier alpha value is -1.93. The van der Waals surface area contributed by atoms with E-state index in [1.807, 2.05) is 0 Å². The van der Waals surface area contributed by atoms with Gasteiger partial charge in [-0.05, 0) is 44.9 Å². The lowest BCUT2D eigenvalue weighted by Crippen LogP contribution is -2.38. The third kappa shape index (κ3) is 5.78. The predicted octanol–water partition coefficient (Wildman–Crippen LogP) is 2.14. The second kappa shape index (κ2) is 10.0. The molecule has 8 heteroatoms. The molecule has 0 radical (unpaired) electrons. The van der Waals surface area contributed by atoms with Crippen LogP contribution in [-0.4, -0.2) is 50.7 Å². The van der Waals surface area contributed by atoms with E-state index in [1.165, 1.54) is 29.9 Å². The monoisotopic (exact) mass is 409 g/mol. The molecule has 156 valence electrons. The van der Waals surface area contributed by atoms with Crippen molar-refractivity contribution in [3.63, 3.8) is 0 Å². The lowest BCUT2D eigenvalue weighted by Gasteiger charge is -2.21. The summed E-state index contributed by atoms with van der Waals surface area (Å²) in [4.78, 5) is 24.5. The Balaban J connectivity index is 1.88. The normalized spacial score (nSPS) is 15.6. The molecule has 1 aromatic carbocycles. The smallest absolute Gasteiger partial charge is 0.251 e. The average Bonchev–Trinajstić information content (AvgIpc) is 2.70. The molecular formula is C20H31N3O4S. The van der Waals surface area contributed by atoms with Gasteiger partial charge in [0.15, 0.2) is 0 Å². The van der Waals surface area contributed by atoms with Gasteiger partial charge in [0.25, 0.3) is 5.91 Å². The minimum Gasteiger partial charge on any atom is -0.354 e. The number of carbonyl (C=O) groups excluding carboxylic acids is 2. The lowest BCUT2D eigenvalue weighted by molar-refractivity contribution is -0.125. The van der Waals surface area contributed by atoms with Crippen molar-refractivity contribution in [2.24, 2.45) is 5.92 Å². The number of hydrogen-bond donors (Lipinski definition) is 2. The Bertz CT molecular complexity index is 786. The highest BCUT2D eigenvalue weighted by molar-refractivity contribution is 7.89. The second-order valence-electron chi connectivity index (χ2n) is 7.52. The summed E-state index contributed by atoms with van der Waals surface area (Å²) in [6.07, 6.45) is 5.26. The molecule has 0 unspecified atom stereocenters. The number of amides is 2. The topological polar surface area (TPSA) is 95.6 Å². The maximum Gasteiger partial charge on any atom is 0.251 e. The zero-order valence-corrected chi connectivity index (χ0v) is 17.7. The summed E-state index contributed by atoms with van der Waals surface area (Å²) in [6, 6.07) is 5.81. The summed E-state index contributed by atoms with van der Waals surface area (Å²) in [7, 11) is -2.13. The first-order valence-corrected chi connectivity index (χ1v) is 11.3. The Morgan fingerprint density at radius 1 is 1.11 bits per heavy atom. The molecule has 0 heterocycles. The van der Waals surface area contributed by atoms with Crippen LogP contribution in [0.4, 0.5) is 0 Å². The van der Waals surface area contributed by atoms with E-state index in [2.05, 4.69) is 10.6 Å². The van der Waals surface area contributed by atoms with Crippen molar-refractivity contribution in [3.05, 3.63) is 29.8 Å². The van der Waals surface area contributed by atoms with Crippen LogP contribution in [0.15, 0.2) is 29.2 Å². The first-order valence-electron chi connectivity index (χ1n) is 9.87. The molecule has 28 heavy (non-hydrogen) atoms. The number of benzene rings is 1. The van der Waals surface area contributed by atoms with Crippen LogP contribution >= 0.6 is 0 Å². The first kappa shape index (κ1) is 22.4. The molecule has 7 nitrogen and oxygen atoms in total. The Kier molecular flexibility index (Phi) is 8.00. The quantitative estimate of drug-likeness (QED) is 0.643. The molecule has 2 amide bonds. The SMILES string of the molecule is CC(C)N(C)S(=O)(=O)c1cccc(C(=O)NCCNC(=O)C2CCCCC2)c1. The molecule has 0 atom stereocenters. The van der Waals surface area contributed by atoms with Gasteiger partial charge in [0.1, 0.15) is 0 Å². The number of rotatable bonds is 8. The standard InChI is InChI=1S/C20H31N3O4S/c1-15(2)23(3)28(26,27)18-11-7-10-17(14-18)20(25)22-13-12-21-19(24)16-8-5-4-6-9-16/h7,10-11,14-16H,4-6,8-9,12-13H2,1-3H3,(H,21,24)(H,22,25). The van der Waals surface area contributed by atoms with Crippen molar-refractivity contribution in [1.82, 2.24) is 14.9 Å². The molecule has 2 N–H and O–H groups in total. The van der Waals surface area contributed by atoms with Crippen LogP contribution in [0.5, 0.6) is 0 Å². The summed E-state index contributed by atoms with van der Waals surface area (Å²) >= 11 is 0. The van der Waals surface area contributed by atoms with Crippen molar-refractivity contribution >= 4 is 21.8 Å². The zero-order chi connectivity index (χ0) is 20.7. The van der Waals surface area contributed by atoms with Crippen molar-refractivity contribution in [1.29, 1.82) is 0 Å². The largest absolute Gasteiger partial charge is 0.354 e. The number of carbonyl (C=O) groups is 2. The number of nitrogens with one attached hydrogen (secondary N) is 2. The van der Waals surface area contributed by atoms with Crippen LogP contribution in [0.25, 0.3) is 0 Å². The molecule has 0 aliphatic heterocycles. The fourth-order valence-corrected chi connectivity index (χ4v) is 4.63. The van der Waals surface area contributed by atoms with Crippen LogP contribution in [0, 0.1) is 5.92 Å². The van der Waals surface area contributed by atoms with E-state index in [4.69, 9.17) is 0 Å². The molecule has 1 saturated carbocycles. The molecule has 1 fully saturated rings. The van der Waals surface area contributed by atoms with E-state index in [-0.39, 0.29) is 34.2 Å². The van der Waals surface area contributed by atoms with Crippen LogP contribution in [0.1, 0.15) is 56.3 Å². The van der Waals surface area contributed by atoms with Gasteiger partial charge >= 0.3 is 0 Å². The molecule has 0 spiro atoms. The zero-order valence-electron chi connectivity index (χ0n) is 16.9. The third-order valence-electron chi connectivity index (χ3n) is 5.19. The van der Waals surface area contributed by atoms with Crippen molar-refractivity contribution in [3.8, 4) is 0 Å². The molecule has 1 aliphatic rings. The molecular weight excluding hydrogens is 378 g/mol. The fraction of sp³-hybridized carbons (Fsp3) is 0.600. The van der Waals surface area contributed by atoms with Crippen molar-refractivity contribution in [2.45, 2.75) is 56.9 Å². The van der Waals surface area contributed by atoms with Crippen LogP contribution in [0.3, 0.4) is 0 Å². The third-order valence-corrected chi connectivity index (χ3v) is 7.22. The van der Waals surface area contributed by atoms with Gasteiger partial charge in [-0.25, -0.2) is 8.42 Å². The van der Waals surface area contributed by atoms with E-state index >= 15 is 0 Å². The second-order valence-corrected chi connectivity index (χ2v) is 9.52. The lowest BCUT2D eigenvalue weighted by atomic mass is 9.89. The van der Waals surface area contributed by atoms with Gasteiger partial charge in [-0.3, -0.25) is 9.59 Å². The van der Waals surface area contributed by atoms with Crippen molar-refractivity contribution < 1.29 is 18.0 Å². The van der Waals surface area contributed by atoms with Crippen LogP contribution in [-0.2, 0) is 14.8 Å². The van der Waals surface area contributed by atoms with Gasteiger partial charge in [-0.15, -0.1) is 0 Å². The van der Waals surface area contributed by atoms with E-state index in [0.717, 1.165) is 25.7 Å². The molecule has 2 rings (SSSR count).